The first kappa shape index (κ1) is 11.0. The number of carboxylic acid groups (broad SMARTS) is 1. The van der Waals surface area contributed by atoms with E-state index in [0.717, 1.165) is 12.8 Å². The third kappa shape index (κ3) is 3.36. The highest BCUT2D eigenvalue weighted by molar-refractivity contribution is 5.80. The van der Waals surface area contributed by atoms with Crippen molar-refractivity contribution in [2.75, 3.05) is 6.54 Å². The molecule has 0 aromatic carbocycles. The Bertz CT molecular complexity index is 234. The monoisotopic (exact) mass is 199 g/mol. The van der Waals surface area contributed by atoms with Gasteiger partial charge < -0.3 is 10.4 Å². The number of carbonyl (C=O) groups excluding carboxylic acids is 1. The Kier molecular flexibility index (Phi) is 3.49. The molecule has 1 fully saturated rings. The smallest absolute Gasteiger partial charge is 0.303 e. The summed E-state index contributed by atoms with van der Waals surface area (Å²) >= 11 is 0. The zero-order chi connectivity index (χ0) is 10.6. The van der Waals surface area contributed by atoms with Gasteiger partial charge in [-0.2, -0.15) is 0 Å². The van der Waals surface area contributed by atoms with Gasteiger partial charge in [-0.1, -0.05) is 13.3 Å². The quantitative estimate of drug-likeness (QED) is 0.698. The Morgan fingerprint density at radius 1 is 1.36 bits per heavy atom. The van der Waals surface area contributed by atoms with Crippen LogP contribution in [0.1, 0.15) is 39.0 Å². The van der Waals surface area contributed by atoms with E-state index in [1.54, 1.807) is 0 Å². The minimum absolute atomic E-state index is 0.0808. The average Bonchev–Trinajstić information content (AvgIpc) is 2.08. The summed E-state index contributed by atoms with van der Waals surface area (Å²) in [6.45, 7) is 2.83. The predicted molar refractivity (Wildman–Crippen MR) is 51.8 cm³/mol. The lowest BCUT2D eigenvalue weighted by Gasteiger charge is -2.38. The van der Waals surface area contributed by atoms with Crippen molar-refractivity contribution in [2.24, 2.45) is 5.41 Å². The van der Waals surface area contributed by atoms with E-state index in [-0.39, 0.29) is 24.2 Å². The number of rotatable bonds is 5. The molecule has 1 amide bonds. The number of hydrogen-bond acceptors (Lipinski definition) is 2. The molecule has 14 heavy (non-hydrogen) atoms. The Balaban J connectivity index is 2.11. The molecule has 0 heterocycles. The molecule has 4 heteroatoms. The van der Waals surface area contributed by atoms with Crippen LogP contribution in [0.2, 0.25) is 0 Å². The van der Waals surface area contributed by atoms with E-state index in [2.05, 4.69) is 12.2 Å². The molecule has 0 spiro atoms. The molecule has 1 rings (SSSR count). The summed E-state index contributed by atoms with van der Waals surface area (Å²) in [4.78, 5) is 21.4. The third-order valence-corrected chi connectivity index (χ3v) is 2.84. The summed E-state index contributed by atoms with van der Waals surface area (Å²) in [5.41, 5.74) is 0.263. The third-order valence-electron chi connectivity index (χ3n) is 2.84. The summed E-state index contributed by atoms with van der Waals surface area (Å²) < 4.78 is 0. The largest absolute Gasteiger partial charge is 0.481 e. The molecule has 0 radical (unpaired) electrons. The maximum absolute atomic E-state index is 11.2. The molecule has 0 aliphatic heterocycles. The molecule has 4 nitrogen and oxygen atoms in total. The van der Waals surface area contributed by atoms with Crippen molar-refractivity contribution in [3.05, 3.63) is 0 Å². The van der Waals surface area contributed by atoms with Crippen molar-refractivity contribution in [1.29, 1.82) is 0 Å². The highest BCUT2D eigenvalue weighted by atomic mass is 16.4. The van der Waals surface area contributed by atoms with Gasteiger partial charge in [-0.25, -0.2) is 0 Å². The number of amides is 1. The number of carbonyl (C=O) groups is 2. The van der Waals surface area contributed by atoms with Crippen LogP contribution >= 0.6 is 0 Å². The van der Waals surface area contributed by atoms with Crippen LogP contribution in [0, 0.1) is 5.41 Å². The predicted octanol–water partition coefficient (Wildman–Crippen LogP) is 1.16. The molecular weight excluding hydrogens is 182 g/mol. The lowest BCUT2D eigenvalue weighted by Crippen LogP contribution is -2.39. The molecule has 0 unspecified atom stereocenters. The summed E-state index contributed by atoms with van der Waals surface area (Å²) in [6.07, 6.45) is 3.56. The zero-order valence-electron chi connectivity index (χ0n) is 8.51. The fraction of sp³-hybridized carbons (Fsp3) is 0.800. The molecule has 80 valence electrons. The van der Waals surface area contributed by atoms with Crippen LogP contribution in [0.3, 0.4) is 0 Å². The molecule has 1 saturated carbocycles. The van der Waals surface area contributed by atoms with E-state index in [1.165, 1.54) is 6.42 Å². The Hall–Kier alpha value is -1.06. The van der Waals surface area contributed by atoms with Gasteiger partial charge in [-0.15, -0.1) is 0 Å². The van der Waals surface area contributed by atoms with Gasteiger partial charge in [0, 0.05) is 13.0 Å². The van der Waals surface area contributed by atoms with E-state index in [0.29, 0.717) is 6.54 Å². The highest BCUT2D eigenvalue weighted by Gasteiger charge is 2.31. The molecule has 0 aromatic rings. The van der Waals surface area contributed by atoms with E-state index >= 15 is 0 Å². The highest BCUT2D eigenvalue weighted by Crippen LogP contribution is 2.39. The Morgan fingerprint density at radius 2 is 2.00 bits per heavy atom. The van der Waals surface area contributed by atoms with Gasteiger partial charge in [0.15, 0.2) is 0 Å². The number of nitrogens with one attached hydrogen (secondary N) is 1. The van der Waals surface area contributed by atoms with Gasteiger partial charge in [0.05, 0.1) is 6.42 Å². The van der Waals surface area contributed by atoms with Crippen LogP contribution in [0.15, 0.2) is 0 Å². The second-order valence-electron chi connectivity index (χ2n) is 4.33. The number of aliphatic carboxylic acids is 1. The summed E-state index contributed by atoms with van der Waals surface area (Å²) in [7, 11) is 0. The van der Waals surface area contributed by atoms with Crippen molar-refractivity contribution >= 4 is 11.9 Å². The van der Waals surface area contributed by atoms with Crippen LogP contribution < -0.4 is 5.32 Å². The number of hydrogen-bond donors (Lipinski definition) is 2. The van der Waals surface area contributed by atoms with E-state index in [4.69, 9.17) is 5.11 Å². The van der Waals surface area contributed by atoms with Crippen molar-refractivity contribution < 1.29 is 14.7 Å². The molecule has 0 aromatic heterocycles. The number of carboxylic acids is 1. The molecule has 2 N–H and O–H groups in total. The second-order valence-corrected chi connectivity index (χ2v) is 4.33. The normalized spacial score (nSPS) is 18.4. The molecular formula is C10H17NO3. The Morgan fingerprint density at radius 3 is 2.43 bits per heavy atom. The lowest BCUT2D eigenvalue weighted by atomic mass is 9.70. The minimum atomic E-state index is -0.921. The average molecular weight is 199 g/mol. The van der Waals surface area contributed by atoms with Crippen LogP contribution in [-0.2, 0) is 9.59 Å². The fourth-order valence-corrected chi connectivity index (χ4v) is 1.58. The van der Waals surface area contributed by atoms with Gasteiger partial charge in [-0.3, -0.25) is 9.59 Å². The summed E-state index contributed by atoms with van der Waals surface area (Å²) in [5, 5.41) is 11.1. The second kappa shape index (κ2) is 4.44. The van der Waals surface area contributed by atoms with E-state index < -0.39 is 5.97 Å². The van der Waals surface area contributed by atoms with E-state index in [1.807, 2.05) is 0 Å². The standard InChI is InChI=1S/C10H17NO3/c1-10(5-2-6-10)7-11-8(12)3-4-9(13)14/h2-7H2,1H3,(H,11,12)(H,13,14). The first-order valence-corrected chi connectivity index (χ1v) is 5.00. The topological polar surface area (TPSA) is 66.4 Å². The van der Waals surface area contributed by atoms with Crippen molar-refractivity contribution in [3.8, 4) is 0 Å². The molecule has 1 aliphatic rings. The fourth-order valence-electron chi connectivity index (χ4n) is 1.58. The first-order valence-electron chi connectivity index (χ1n) is 5.00. The van der Waals surface area contributed by atoms with Crippen molar-refractivity contribution in [1.82, 2.24) is 5.32 Å². The SMILES string of the molecule is CC1(CNC(=O)CCC(=O)O)CCC1. The van der Waals surface area contributed by atoms with Gasteiger partial charge >= 0.3 is 5.97 Å². The maximum atomic E-state index is 11.2. The van der Waals surface area contributed by atoms with E-state index in [9.17, 15) is 9.59 Å². The minimum Gasteiger partial charge on any atom is -0.481 e. The molecule has 0 atom stereocenters. The molecule has 1 aliphatic carbocycles. The molecule has 0 saturated heterocycles. The zero-order valence-corrected chi connectivity index (χ0v) is 8.51. The van der Waals surface area contributed by atoms with Crippen LogP contribution in [0.4, 0.5) is 0 Å². The summed E-state index contributed by atoms with van der Waals surface area (Å²) in [5.74, 6) is -1.07. The first-order chi connectivity index (χ1) is 6.52. The van der Waals surface area contributed by atoms with Crippen molar-refractivity contribution in [2.45, 2.75) is 39.0 Å². The van der Waals surface area contributed by atoms with Crippen LogP contribution in [0.25, 0.3) is 0 Å². The van der Waals surface area contributed by atoms with Crippen LogP contribution in [-0.4, -0.2) is 23.5 Å². The lowest BCUT2D eigenvalue weighted by molar-refractivity contribution is -0.138. The Labute approximate surface area is 83.7 Å². The maximum Gasteiger partial charge on any atom is 0.303 e. The molecule has 0 bridgehead atoms. The van der Waals surface area contributed by atoms with Gasteiger partial charge in [0.1, 0.15) is 0 Å². The van der Waals surface area contributed by atoms with Gasteiger partial charge in [0.25, 0.3) is 0 Å². The van der Waals surface area contributed by atoms with Crippen LogP contribution in [0.5, 0.6) is 0 Å². The van der Waals surface area contributed by atoms with Gasteiger partial charge in [-0.05, 0) is 18.3 Å². The summed E-state index contributed by atoms with van der Waals surface area (Å²) in [6, 6.07) is 0. The van der Waals surface area contributed by atoms with Gasteiger partial charge in [0.2, 0.25) is 5.91 Å². The van der Waals surface area contributed by atoms with Crippen molar-refractivity contribution in [3.63, 3.8) is 0 Å².